The summed E-state index contributed by atoms with van der Waals surface area (Å²) in [4.78, 5) is 0. The summed E-state index contributed by atoms with van der Waals surface area (Å²) in [7, 11) is 0. The highest BCUT2D eigenvalue weighted by Gasteiger charge is 2.30. The first kappa shape index (κ1) is 11.2. The lowest BCUT2D eigenvalue weighted by Gasteiger charge is -2.29. The molecule has 14 heavy (non-hydrogen) atoms. The first-order valence-electron chi connectivity index (χ1n) is 4.95. The van der Waals surface area contributed by atoms with Crippen LogP contribution in [-0.4, -0.2) is 15.8 Å². The Labute approximate surface area is 85.2 Å². The monoisotopic (exact) mass is 194 g/mol. The van der Waals surface area contributed by atoms with Crippen LogP contribution >= 0.6 is 0 Å². The van der Waals surface area contributed by atoms with Crippen molar-refractivity contribution in [2.75, 3.05) is 0 Å². The van der Waals surface area contributed by atoms with E-state index in [9.17, 15) is 10.2 Å². The third-order valence-corrected chi connectivity index (χ3v) is 2.79. The third kappa shape index (κ3) is 2.14. The summed E-state index contributed by atoms with van der Waals surface area (Å²) in [5, 5.41) is 19.9. The average molecular weight is 194 g/mol. The van der Waals surface area contributed by atoms with Gasteiger partial charge in [-0.1, -0.05) is 31.2 Å². The first-order valence-corrected chi connectivity index (χ1v) is 4.95. The Morgan fingerprint density at radius 2 is 1.93 bits per heavy atom. The fraction of sp³-hybridized carbons (Fsp3) is 0.500. The Morgan fingerprint density at radius 1 is 1.36 bits per heavy atom. The Hall–Kier alpha value is -0.860. The van der Waals surface area contributed by atoms with Crippen molar-refractivity contribution in [1.29, 1.82) is 0 Å². The molecule has 0 bridgehead atoms. The summed E-state index contributed by atoms with van der Waals surface area (Å²) in [5.41, 5.74) is 0.764. The third-order valence-electron chi connectivity index (χ3n) is 2.79. The van der Waals surface area contributed by atoms with E-state index in [2.05, 4.69) is 0 Å². The summed E-state index contributed by atoms with van der Waals surface area (Å²) >= 11 is 0. The smallest absolute Gasteiger partial charge is 0.108 e. The molecule has 0 aliphatic heterocycles. The molecule has 0 aromatic heterocycles. The highest BCUT2D eigenvalue weighted by Crippen LogP contribution is 2.29. The Balaban J connectivity index is 3.00. The number of aliphatic hydroxyl groups is 2. The number of hydrogen-bond acceptors (Lipinski definition) is 2. The van der Waals surface area contributed by atoms with Gasteiger partial charge in [0.15, 0.2) is 0 Å². The maximum Gasteiger partial charge on any atom is 0.108 e. The van der Waals surface area contributed by atoms with Crippen LogP contribution in [0.25, 0.3) is 0 Å². The van der Waals surface area contributed by atoms with Crippen molar-refractivity contribution < 1.29 is 10.2 Å². The normalized spacial score (nSPS) is 17.5. The number of hydrogen-bond donors (Lipinski definition) is 2. The summed E-state index contributed by atoms with van der Waals surface area (Å²) in [6.07, 6.45) is -0.281. The molecule has 1 rings (SSSR count). The van der Waals surface area contributed by atoms with Gasteiger partial charge in [0, 0.05) is 0 Å². The van der Waals surface area contributed by atoms with E-state index in [1.165, 1.54) is 0 Å². The van der Waals surface area contributed by atoms with E-state index in [1.54, 1.807) is 6.92 Å². The van der Waals surface area contributed by atoms with Crippen LogP contribution in [0.3, 0.4) is 0 Å². The van der Waals surface area contributed by atoms with Gasteiger partial charge >= 0.3 is 0 Å². The maximum absolute atomic E-state index is 9.98. The van der Waals surface area contributed by atoms with Gasteiger partial charge in [0.05, 0.1) is 5.60 Å². The second kappa shape index (κ2) is 4.11. The molecular weight excluding hydrogens is 176 g/mol. The lowest BCUT2D eigenvalue weighted by atomic mass is 9.88. The van der Waals surface area contributed by atoms with Gasteiger partial charge in [-0.2, -0.15) is 0 Å². The highest BCUT2D eigenvalue weighted by atomic mass is 16.3. The van der Waals surface area contributed by atoms with E-state index in [0.29, 0.717) is 6.42 Å². The van der Waals surface area contributed by atoms with Gasteiger partial charge < -0.3 is 10.2 Å². The van der Waals surface area contributed by atoms with Crippen LogP contribution in [0.1, 0.15) is 37.5 Å². The Bertz CT molecular complexity index is 305. The van der Waals surface area contributed by atoms with E-state index >= 15 is 0 Å². The summed E-state index contributed by atoms with van der Waals surface area (Å²) in [6.45, 7) is 5.45. The van der Waals surface area contributed by atoms with Gasteiger partial charge in [-0.15, -0.1) is 0 Å². The van der Waals surface area contributed by atoms with E-state index in [-0.39, 0.29) is 0 Å². The number of aryl methyl sites for hydroxylation is 1. The molecular formula is C12H18O2. The minimum Gasteiger partial charge on any atom is -0.387 e. The second-order valence-corrected chi connectivity index (χ2v) is 3.97. The van der Waals surface area contributed by atoms with Crippen molar-refractivity contribution >= 4 is 0 Å². The molecule has 2 heteroatoms. The molecule has 0 spiro atoms. The molecule has 0 saturated carbocycles. The zero-order valence-corrected chi connectivity index (χ0v) is 8.99. The van der Waals surface area contributed by atoms with Gasteiger partial charge in [-0.05, 0) is 31.4 Å². The molecule has 2 unspecified atom stereocenters. The Morgan fingerprint density at radius 3 is 2.43 bits per heavy atom. The molecule has 1 aromatic rings. The first-order chi connectivity index (χ1) is 6.49. The van der Waals surface area contributed by atoms with Crippen LogP contribution in [-0.2, 0) is 0 Å². The lowest BCUT2D eigenvalue weighted by molar-refractivity contribution is -0.0661. The minimum absolute atomic E-state index is 0.530. The fourth-order valence-corrected chi connectivity index (χ4v) is 1.42. The number of benzene rings is 1. The van der Waals surface area contributed by atoms with Crippen LogP contribution in [0, 0.1) is 6.92 Å². The molecule has 78 valence electrons. The van der Waals surface area contributed by atoms with Gasteiger partial charge in [0.1, 0.15) is 6.10 Å². The lowest BCUT2D eigenvalue weighted by Crippen LogP contribution is -2.32. The molecule has 2 N–H and O–H groups in total. The number of aliphatic hydroxyl groups excluding tert-OH is 1. The molecule has 2 nitrogen and oxygen atoms in total. The summed E-state index contributed by atoms with van der Waals surface area (Å²) < 4.78 is 0. The molecule has 0 amide bonds. The molecule has 0 aliphatic carbocycles. The van der Waals surface area contributed by atoms with Crippen LogP contribution in [0.2, 0.25) is 0 Å². The van der Waals surface area contributed by atoms with Crippen LogP contribution < -0.4 is 0 Å². The van der Waals surface area contributed by atoms with Crippen LogP contribution in [0.15, 0.2) is 24.3 Å². The Kier molecular flexibility index (Phi) is 3.29. The van der Waals surface area contributed by atoms with Crippen molar-refractivity contribution in [1.82, 2.24) is 0 Å². The highest BCUT2D eigenvalue weighted by molar-refractivity contribution is 5.29. The fourth-order valence-electron chi connectivity index (χ4n) is 1.42. The van der Waals surface area contributed by atoms with Crippen molar-refractivity contribution in [2.45, 2.75) is 38.9 Å². The van der Waals surface area contributed by atoms with E-state index < -0.39 is 11.7 Å². The topological polar surface area (TPSA) is 40.5 Å². The van der Waals surface area contributed by atoms with Crippen LogP contribution in [0.4, 0.5) is 0 Å². The maximum atomic E-state index is 9.98. The molecule has 0 fully saturated rings. The second-order valence-electron chi connectivity index (χ2n) is 3.97. The average Bonchev–Trinajstić information content (AvgIpc) is 2.17. The van der Waals surface area contributed by atoms with Crippen molar-refractivity contribution in [3.05, 3.63) is 35.4 Å². The zero-order valence-electron chi connectivity index (χ0n) is 8.99. The molecule has 0 saturated heterocycles. The van der Waals surface area contributed by atoms with Crippen molar-refractivity contribution in [2.24, 2.45) is 0 Å². The predicted octanol–water partition coefficient (Wildman–Crippen LogP) is 2.19. The van der Waals surface area contributed by atoms with Gasteiger partial charge in [0.25, 0.3) is 0 Å². The predicted molar refractivity (Wildman–Crippen MR) is 57.1 cm³/mol. The van der Waals surface area contributed by atoms with E-state index in [1.807, 2.05) is 38.1 Å². The zero-order chi connectivity index (χ0) is 10.8. The minimum atomic E-state index is -1.05. The molecule has 0 heterocycles. The molecule has 0 aliphatic rings. The van der Waals surface area contributed by atoms with Gasteiger partial charge in [-0.25, -0.2) is 0 Å². The van der Waals surface area contributed by atoms with E-state index in [0.717, 1.165) is 11.1 Å². The summed E-state index contributed by atoms with van der Waals surface area (Å²) in [5.74, 6) is 0. The quantitative estimate of drug-likeness (QED) is 0.774. The summed E-state index contributed by atoms with van der Waals surface area (Å²) in [6, 6.07) is 7.58. The largest absolute Gasteiger partial charge is 0.387 e. The van der Waals surface area contributed by atoms with Crippen LogP contribution in [0.5, 0.6) is 0 Å². The molecule has 0 radical (unpaired) electrons. The SMILES string of the molecule is CCC(C)(O)C(O)c1ccccc1C. The van der Waals surface area contributed by atoms with Gasteiger partial charge in [0.2, 0.25) is 0 Å². The van der Waals surface area contributed by atoms with Gasteiger partial charge in [-0.3, -0.25) is 0 Å². The standard InChI is InChI=1S/C12H18O2/c1-4-12(3,14)11(13)10-8-6-5-7-9(10)2/h5-8,11,13-14H,4H2,1-3H3. The van der Waals surface area contributed by atoms with E-state index in [4.69, 9.17) is 0 Å². The van der Waals surface area contributed by atoms with Crippen molar-refractivity contribution in [3.8, 4) is 0 Å². The molecule has 1 aromatic carbocycles. The number of rotatable bonds is 3. The van der Waals surface area contributed by atoms with Crippen molar-refractivity contribution in [3.63, 3.8) is 0 Å². The molecule has 2 atom stereocenters.